The largest absolute Gasteiger partial charge is 0.297 e. The predicted molar refractivity (Wildman–Crippen MR) is 84.7 cm³/mol. The fraction of sp³-hybridized carbons (Fsp3) is 0.625. The quantitative estimate of drug-likeness (QED) is 0.832. The molecule has 1 heterocycles. The van der Waals surface area contributed by atoms with Crippen LogP contribution in [0.4, 0.5) is 0 Å². The van der Waals surface area contributed by atoms with Gasteiger partial charge in [0.25, 0.3) is 0 Å². The van der Waals surface area contributed by atoms with Crippen LogP contribution in [0.3, 0.4) is 0 Å². The molecular formula is C16H24N2O2S. The second-order valence-electron chi connectivity index (χ2n) is 6.08. The van der Waals surface area contributed by atoms with Gasteiger partial charge in [-0.1, -0.05) is 30.3 Å². The molecule has 0 bridgehead atoms. The molecule has 1 aliphatic carbocycles. The molecular weight excluding hydrogens is 284 g/mol. The molecule has 0 N–H and O–H groups in total. The predicted octanol–water partition coefficient (Wildman–Crippen LogP) is 1.73. The molecule has 0 aromatic heterocycles. The zero-order valence-corrected chi connectivity index (χ0v) is 13.4. The highest BCUT2D eigenvalue weighted by Crippen LogP contribution is 2.30. The standard InChI is InChI=1S/C16H24N2O2S/c1-2-21(19,20)18-11-10-17(15-8-9-15)13-16(18)12-14-6-4-3-5-7-14/h3-7,15-16H,2,8-13H2,1H3. The monoisotopic (exact) mass is 308 g/mol. The van der Waals surface area contributed by atoms with E-state index in [0.717, 1.165) is 19.5 Å². The Morgan fingerprint density at radius 3 is 2.48 bits per heavy atom. The summed E-state index contributed by atoms with van der Waals surface area (Å²) in [4.78, 5) is 2.48. The first-order valence-electron chi connectivity index (χ1n) is 7.87. The molecule has 0 radical (unpaired) electrons. The van der Waals surface area contributed by atoms with E-state index in [2.05, 4.69) is 17.0 Å². The summed E-state index contributed by atoms with van der Waals surface area (Å²) in [6, 6.07) is 11.0. The van der Waals surface area contributed by atoms with E-state index in [0.29, 0.717) is 12.6 Å². The average molecular weight is 308 g/mol. The van der Waals surface area contributed by atoms with E-state index < -0.39 is 10.0 Å². The molecule has 1 aromatic rings. The van der Waals surface area contributed by atoms with Gasteiger partial charge in [-0.25, -0.2) is 8.42 Å². The van der Waals surface area contributed by atoms with Crippen LogP contribution in [0.5, 0.6) is 0 Å². The summed E-state index contributed by atoms with van der Waals surface area (Å²) in [5.74, 6) is 0.196. The third-order valence-corrected chi connectivity index (χ3v) is 6.48. The third-order valence-electron chi connectivity index (χ3n) is 4.56. The molecule has 2 aliphatic rings. The topological polar surface area (TPSA) is 40.6 Å². The molecule has 4 nitrogen and oxygen atoms in total. The van der Waals surface area contributed by atoms with Crippen molar-refractivity contribution in [2.45, 2.75) is 38.3 Å². The first kappa shape index (κ1) is 15.0. The second kappa shape index (κ2) is 6.07. The summed E-state index contributed by atoms with van der Waals surface area (Å²) in [5, 5.41) is 0. The Hall–Kier alpha value is -0.910. The third kappa shape index (κ3) is 3.47. The van der Waals surface area contributed by atoms with Crippen molar-refractivity contribution in [3.8, 4) is 0 Å². The van der Waals surface area contributed by atoms with Crippen molar-refractivity contribution in [2.24, 2.45) is 0 Å². The highest BCUT2D eigenvalue weighted by atomic mass is 32.2. The summed E-state index contributed by atoms with van der Waals surface area (Å²) >= 11 is 0. The summed E-state index contributed by atoms with van der Waals surface area (Å²) in [6.45, 7) is 4.14. The lowest BCUT2D eigenvalue weighted by atomic mass is 10.0. The number of piperazine rings is 1. The minimum Gasteiger partial charge on any atom is -0.297 e. The number of sulfonamides is 1. The van der Waals surface area contributed by atoms with E-state index in [1.165, 1.54) is 18.4 Å². The maximum absolute atomic E-state index is 12.4. The first-order chi connectivity index (χ1) is 10.1. The van der Waals surface area contributed by atoms with Crippen molar-refractivity contribution < 1.29 is 8.42 Å². The van der Waals surface area contributed by atoms with Crippen LogP contribution in [0.25, 0.3) is 0 Å². The van der Waals surface area contributed by atoms with Gasteiger partial charge in [-0.15, -0.1) is 0 Å². The lowest BCUT2D eigenvalue weighted by molar-refractivity contribution is 0.128. The Morgan fingerprint density at radius 2 is 1.86 bits per heavy atom. The number of benzene rings is 1. The summed E-state index contributed by atoms with van der Waals surface area (Å²) in [5.41, 5.74) is 1.22. The number of nitrogens with zero attached hydrogens (tertiary/aromatic N) is 2. The number of hydrogen-bond acceptors (Lipinski definition) is 3. The smallest absolute Gasteiger partial charge is 0.214 e. The van der Waals surface area contributed by atoms with Gasteiger partial charge in [0.05, 0.1) is 5.75 Å². The Bertz CT molecular complexity index is 569. The van der Waals surface area contributed by atoms with Gasteiger partial charge in [0.2, 0.25) is 10.0 Å². The van der Waals surface area contributed by atoms with Crippen LogP contribution in [-0.4, -0.2) is 55.1 Å². The molecule has 1 atom stereocenters. The molecule has 1 saturated carbocycles. The van der Waals surface area contributed by atoms with E-state index in [9.17, 15) is 8.42 Å². The van der Waals surface area contributed by atoms with Gasteiger partial charge in [0.1, 0.15) is 0 Å². The molecule has 21 heavy (non-hydrogen) atoms. The first-order valence-corrected chi connectivity index (χ1v) is 9.48. The molecule has 0 amide bonds. The number of hydrogen-bond donors (Lipinski definition) is 0. The van der Waals surface area contributed by atoms with Gasteiger partial charge in [0, 0.05) is 31.7 Å². The summed E-state index contributed by atoms with van der Waals surface area (Å²) in [7, 11) is -3.11. The fourth-order valence-corrected chi connectivity index (χ4v) is 4.51. The van der Waals surface area contributed by atoms with Crippen LogP contribution < -0.4 is 0 Å². The van der Waals surface area contributed by atoms with Crippen molar-refractivity contribution in [1.82, 2.24) is 9.21 Å². The second-order valence-corrected chi connectivity index (χ2v) is 8.29. The molecule has 3 rings (SSSR count). The minimum absolute atomic E-state index is 0.0756. The highest BCUT2D eigenvalue weighted by Gasteiger charge is 2.39. The van der Waals surface area contributed by atoms with Gasteiger partial charge in [0.15, 0.2) is 0 Å². The number of rotatable bonds is 5. The van der Waals surface area contributed by atoms with E-state index >= 15 is 0 Å². The maximum Gasteiger partial charge on any atom is 0.214 e. The SMILES string of the molecule is CCS(=O)(=O)N1CCN(C2CC2)CC1Cc1ccccc1. The Balaban J connectivity index is 1.78. The Labute approximate surface area is 127 Å². The van der Waals surface area contributed by atoms with Crippen LogP contribution in [-0.2, 0) is 16.4 Å². The lowest BCUT2D eigenvalue weighted by Gasteiger charge is -2.40. The van der Waals surface area contributed by atoms with Crippen LogP contribution >= 0.6 is 0 Å². The van der Waals surface area contributed by atoms with Crippen molar-refractivity contribution in [1.29, 1.82) is 0 Å². The zero-order valence-electron chi connectivity index (χ0n) is 12.6. The van der Waals surface area contributed by atoms with Gasteiger partial charge in [-0.05, 0) is 31.7 Å². The van der Waals surface area contributed by atoms with Crippen LogP contribution in [0.2, 0.25) is 0 Å². The summed E-state index contributed by atoms with van der Waals surface area (Å²) in [6.07, 6.45) is 3.36. The molecule has 1 unspecified atom stereocenters. The van der Waals surface area contributed by atoms with E-state index in [1.807, 2.05) is 18.2 Å². The van der Waals surface area contributed by atoms with Gasteiger partial charge in [-0.3, -0.25) is 4.90 Å². The van der Waals surface area contributed by atoms with Crippen LogP contribution in [0.15, 0.2) is 30.3 Å². The zero-order chi connectivity index (χ0) is 14.9. The summed E-state index contributed by atoms with van der Waals surface area (Å²) < 4.78 is 26.5. The van der Waals surface area contributed by atoms with Gasteiger partial charge < -0.3 is 0 Å². The molecule has 0 spiro atoms. The van der Waals surface area contributed by atoms with Crippen molar-refractivity contribution in [2.75, 3.05) is 25.4 Å². The van der Waals surface area contributed by atoms with E-state index in [4.69, 9.17) is 0 Å². The average Bonchev–Trinajstić information content (AvgIpc) is 3.33. The van der Waals surface area contributed by atoms with Crippen molar-refractivity contribution in [3.05, 3.63) is 35.9 Å². The molecule has 5 heteroatoms. The van der Waals surface area contributed by atoms with Crippen molar-refractivity contribution in [3.63, 3.8) is 0 Å². The minimum atomic E-state index is -3.11. The molecule has 116 valence electrons. The van der Waals surface area contributed by atoms with Gasteiger partial charge in [-0.2, -0.15) is 4.31 Å². The Kier molecular flexibility index (Phi) is 4.33. The molecule has 1 aliphatic heterocycles. The van der Waals surface area contributed by atoms with Crippen LogP contribution in [0, 0.1) is 0 Å². The van der Waals surface area contributed by atoms with Crippen LogP contribution in [0.1, 0.15) is 25.3 Å². The highest BCUT2D eigenvalue weighted by molar-refractivity contribution is 7.89. The molecule has 1 aromatic carbocycles. The van der Waals surface area contributed by atoms with Gasteiger partial charge >= 0.3 is 0 Å². The molecule has 2 fully saturated rings. The fourth-order valence-electron chi connectivity index (χ4n) is 3.22. The molecule has 1 saturated heterocycles. The van der Waals surface area contributed by atoms with E-state index in [1.54, 1.807) is 11.2 Å². The van der Waals surface area contributed by atoms with Crippen molar-refractivity contribution >= 4 is 10.0 Å². The lowest BCUT2D eigenvalue weighted by Crippen LogP contribution is -2.56. The maximum atomic E-state index is 12.4. The van der Waals surface area contributed by atoms with E-state index in [-0.39, 0.29) is 11.8 Å². The normalized spacial score (nSPS) is 25.1. The Morgan fingerprint density at radius 1 is 1.14 bits per heavy atom.